The third kappa shape index (κ3) is 5.04. The van der Waals surface area contributed by atoms with Crippen molar-refractivity contribution in [1.82, 2.24) is 14.9 Å². The summed E-state index contributed by atoms with van der Waals surface area (Å²) >= 11 is 1.27. The lowest BCUT2D eigenvalue weighted by molar-refractivity contribution is 0.0570. The number of benzene rings is 1. The summed E-state index contributed by atoms with van der Waals surface area (Å²) in [6, 6.07) is 4.25. The highest BCUT2D eigenvalue weighted by Crippen LogP contribution is 2.45. The first-order chi connectivity index (χ1) is 17.0. The zero-order valence-electron chi connectivity index (χ0n) is 20.8. The monoisotopic (exact) mass is 521 g/mol. The van der Waals surface area contributed by atoms with Gasteiger partial charge in [-0.2, -0.15) is 0 Å². The highest BCUT2D eigenvalue weighted by molar-refractivity contribution is 7.98. The molecule has 2 aliphatic rings. The second kappa shape index (κ2) is 10.1. The second-order valence-corrected chi connectivity index (χ2v) is 10.2. The fourth-order valence-electron chi connectivity index (χ4n) is 4.47. The molecule has 0 radical (unpaired) electrons. The number of anilines is 2. The summed E-state index contributed by atoms with van der Waals surface area (Å²) in [5, 5.41) is 0.398. The minimum absolute atomic E-state index is 0.149. The van der Waals surface area contributed by atoms with Crippen LogP contribution in [0.15, 0.2) is 29.6 Å². The standard InChI is InChI=1S/C24H29F2N5O4S/c1-24(2,3)35-23(33)29-10-9-16(15-7-6-8-17(34-4)19(15)29)30-12-14-11-27-21(36-5)28-20(14)31(22(30)32)13-18(25)26/h6-8,11,16,18H,9-10,12-13H2,1-5H3. The van der Waals surface area contributed by atoms with Crippen LogP contribution < -0.4 is 14.5 Å². The number of methoxy groups -OCH3 is 1. The van der Waals surface area contributed by atoms with Crippen LogP contribution in [0.25, 0.3) is 0 Å². The zero-order chi connectivity index (χ0) is 26.2. The number of ether oxygens (including phenoxy) is 2. The largest absolute Gasteiger partial charge is 0.495 e. The average molecular weight is 522 g/mol. The molecule has 0 spiro atoms. The van der Waals surface area contributed by atoms with E-state index in [1.807, 2.05) is 6.07 Å². The minimum atomic E-state index is -2.74. The average Bonchev–Trinajstić information content (AvgIpc) is 2.83. The molecule has 2 aliphatic heterocycles. The first kappa shape index (κ1) is 25.9. The number of urea groups is 1. The molecule has 2 aromatic rings. The Morgan fingerprint density at radius 2 is 2.06 bits per heavy atom. The van der Waals surface area contributed by atoms with Crippen molar-refractivity contribution in [3.05, 3.63) is 35.5 Å². The normalized spacial score (nSPS) is 17.7. The van der Waals surface area contributed by atoms with Crippen LogP contribution >= 0.6 is 11.8 Å². The molecular formula is C24H29F2N5O4S. The number of halogens is 2. The number of aromatic nitrogens is 2. The van der Waals surface area contributed by atoms with E-state index < -0.39 is 36.7 Å². The lowest BCUT2D eigenvalue weighted by Gasteiger charge is -2.44. The summed E-state index contributed by atoms with van der Waals surface area (Å²) in [6.07, 6.45) is 0.468. The molecule has 4 rings (SSSR count). The van der Waals surface area contributed by atoms with Crippen LogP contribution in [-0.2, 0) is 11.3 Å². The Bertz CT molecular complexity index is 1160. The molecule has 0 bridgehead atoms. The lowest BCUT2D eigenvalue weighted by atomic mass is 9.93. The molecule has 1 atom stereocenters. The molecule has 0 fully saturated rings. The molecule has 1 aromatic carbocycles. The number of hydrogen-bond acceptors (Lipinski definition) is 7. The van der Waals surface area contributed by atoms with Crippen LogP contribution in [0.1, 0.15) is 44.4 Å². The maximum Gasteiger partial charge on any atom is 0.414 e. The summed E-state index contributed by atoms with van der Waals surface area (Å²) in [7, 11) is 1.50. The first-order valence-electron chi connectivity index (χ1n) is 11.5. The van der Waals surface area contributed by atoms with Crippen LogP contribution in [0.3, 0.4) is 0 Å². The Hall–Kier alpha value is -3.15. The van der Waals surface area contributed by atoms with Crippen LogP contribution in [0, 0.1) is 0 Å². The lowest BCUT2D eigenvalue weighted by Crippen LogP contribution is -2.52. The van der Waals surface area contributed by atoms with Gasteiger partial charge in [-0.1, -0.05) is 23.9 Å². The first-order valence-corrected chi connectivity index (χ1v) is 12.7. The van der Waals surface area contributed by atoms with Crippen molar-refractivity contribution in [2.45, 2.75) is 57.0 Å². The number of carbonyl (C=O) groups is 2. The van der Waals surface area contributed by atoms with Crippen molar-refractivity contribution >= 4 is 35.4 Å². The van der Waals surface area contributed by atoms with Crippen molar-refractivity contribution in [1.29, 1.82) is 0 Å². The Balaban J connectivity index is 1.76. The van der Waals surface area contributed by atoms with Gasteiger partial charge in [0.05, 0.1) is 31.9 Å². The summed E-state index contributed by atoms with van der Waals surface area (Å²) in [5.74, 6) is 0.651. The number of nitrogens with zero attached hydrogens (tertiary/aromatic N) is 5. The summed E-state index contributed by atoms with van der Waals surface area (Å²) in [4.78, 5) is 39.3. The second-order valence-electron chi connectivity index (χ2n) is 9.45. The van der Waals surface area contributed by atoms with E-state index >= 15 is 0 Å². The van der Waals surface area contributed by atoms with E-state index in [9.17, 15) is 18.4 Å². The summed E-state index contributed by atoms with van der Waals surface area (Å²) in [6.45, 7) is 4.97. The van der Waals surface area contributed by atoms with Gasteiger partial charge in [0.25, 0.3) is 6.43 Å². The van der Waals surface area contributed by atoms with Gasteiger partial charge in [-0.25, -0.2) is 28.3 Å². The van der Waals surface area contributed by atoms with Gasteiger partial charge in [-0.15, -0.1) is 0 Å². The molecule has 9 nitrogen and oxygen atoms in total. The number of hydrogen-bond donors (Lipinski definition) is 0. The van der Waals surface area contributed by atoms with Gasteiger partial charge >= 0.3 is 12.1 Å². The fourth-order valence-corrected chi connectivity index (χ4v) is 4.81. The molecule has 1 unspecified atom stereocenters. The number of fused-ring (bicyclic) bond motifs is 2. The highest BCUT2D eigenvalue weighted by Gasteiger charge is 2.42. The number of thioether (sulfide) groups is 1. The SMILES string of the molecule is COc1cccc2c1N(C(=O)OC(C)(C)C)CCC2N1Cc2cnc(SC)nc2N(CC(F)F)C1=O. The van der Waals surface area contributed by atoms with E-state index in [1.165, 1.54) is 28.7 Å². The van der Waals surface area contributed by atoms with Gasteiger partial charge in [-0.3, -0.25) is 9.80 Å². The van der Waals surface area contributed by atoms with Gasteiger partial charge in [0, 0.05) is 23.9 Å². The van der Waals surface area contributed by atoms with Crippen LogP contribution in [0.5, 0.6) is 5.75 Å². The van der Waals surface area contributed by atoms with Gasteiger partial charge in [0.2, 0.25) is 0 Å². The Kier molecular flexibility index (Phi) is 7.26. The molecule has 0 saturated carbocycles. The van der Waals surface area contributed by atoms with Gasteiger partial charge in [0.1, 0.15) is 17.2 Å². The Labute approximate surface area is 212 Å². The number of para-hydroxylation sites is 1. The molecule has 0 aliphatic carbocycles. The van der Waals surface area contributed by atoms with Gasteiger partial charge < -0.3 is 14.4 Å². The molecular weight excluding hydrogens is 492 g/mol. The summed E-state index contributed by atoms with van der Waals surface area (Å²) < 4.78 is 38.2. The van der Waals surface area contributed by atoms with Crippen molar-refractivity contribution in [3.8, 4) is 5.75 Å². The van der Waals surface area contributed by atoms with Crippen LogP contribution in [0.4, 0.5) is 29.9 Å². The third-order valence-corrected chi connectivity index (χ3v) is 6.45. The maximum absolute atomic E-state index is 13.6. The van der Waals surface area contributed by atoms with E-state index in [0.717, 1.165) is 4.90 Å². The van der Waals surface area contributed by atoms with Crippen molar-refractivity contribution in [2.75, 3.05) is 36.3 Å². The molecule has 3 amide bonds. The predicted molar refractivity (Wildman–Crippen MR) is 132 cm³/mol. The number of amides is 3. The van der Waals surface area contributed by atoms with E-state index in [0.29, 0.717) is 34.1 Å². The molecule has 194 valence electrons. The smallest absolute Gasteiger partial charge is 0.414 e. The van der Waals surface area contributed by atoms with Crippen molar-refractivity contribution < 1.29 is 27.8 Å². The molecule has 36 heavy (non-hydrogen) atoms. The minimum Gasteiger partial charge on any atom is -0.495 e. The Morgan fingerprint density at radius 3 is 2.69 bits per heavy atom. The fraction of sp³-hybridized carbons (Fsp3) is 0.500. The van der Waals surface area contributed by atoms with E-state index in [-0.39, 0.29) is 18.9 Å². The number of carbonyl (C=O) groups excluding carboxylic acids is 2. The van der Waals surface area contributed by atoms with E-state index in [1.54, 1.807) is 45.4 Å². The summed E-state index contributed by atoms with van der Waals surface area (Å²) in [5.41, 5.74) is 1.04. The molecule has 3 heterocycles. The zero-order valence-corrected chi connectivity index (χ0v) is 21.6. The van der Waals surface area contributed by atoms with E-state index in [2.05, 4.69) is 9.97 Å². The van der Waals surface area contributed by atoms with Crippen LogP contribution in [0.2, 0.25) is 0 Å². The van der Waals surface area contributed by atoms with Crippen LogP contribution in [-0.4, -0.2) is 65.5 Å². The molecule has 12 heteroatoms. The molecule has 0 saturated heterocycles. The maximum atomic E-state index is 13.6. The van der Waals surface area contributed by atoms with Crippen molar-refractivity contribution in [2.24, 2.45) is 0 Å². The topological polar surface area (TPSA) is 88.1 Å². The van der Waals surface area contributed by atoms with E-state index in [4.69, 9.17) is 9.47 Å². The quantitative estimate of drug-likeness (QED) is 0.400. The Morgan fingerprint density at radius 1 is 1.31 bits per heavy atom. The number of alkyl halides is 2. The highest BCUT2D eigenvalue weighted by atomic mass is 32.2. The molecule has 0 N–H and O–H groups in total. The van der Waals surface area contributed by atoms with Crippen molar-refractivity contribution in [3.63, 3.8) is 0 Å². The predicted octanol–water partition coefficient (Wildman–Crippen LogP) is 5.10. The third-order valence-electron chi connectivity index (χ3n) is 5.89. The number of rotatable bonds is 5. The molecule has 1 aromatic heterocycles. The van der Waals surface area contributed by atoms with Gasteiger partial charge in [0.15, 0.2) is 5.16 Å². The van der Waals surface area contributed by atoms with Gasteiger partial charge in [-0.05, 0) is 39.5 Å².